The van der Waals surface area contributed by atoms with Crippen LogP contribution in [0.2, 0.25) is 0 Å². The summed E-state index contributed by atoms with van der Waals surface area (Å²) in [5.74, 6) is -2.10. The van der Waals surface area contributed by atoms with Crippen molar-refractivity contribution in [2.45, 2.75) is 6.92 Å². The van der Waals surface area contributed by atoms with Crippen LogP contribution in [0.4, 0.5) is 0 Å². The quantitative estimate of drug-likeness (QED) is 0.264. The lowest BCUT2D eigenvalue weighted by Crippen LogP contribution is -2.12. The average Bonchev–Trinajstić information content (AvgIpc) is 2.62. The van der Waals surface area contributed by atoms with Crippen molar-refractivity contribution in [3.8, 4) is 17.2 Å². The van der Waals surface area contributed by atoms with Gasteiger partial charge >= 0.3 is 5.97 Å². The molecule has 0 aliphatic heterocycles. The van der Waals surface area contributed by atoms with Crippen LogP contribution >= 0.6 is 0 Å². The molecule has 130 valence electrons. The molecule has 0 aromatic heterocycles. The number of hydrogen-bond donors (Lipinski definition) is 2. The van der Waals surface area contributed by atoms with E-state index in [2.05, 4.69) is 6.58 Å². The molecule has 0 aliphatic carbocycles. The van der Waals surface area contributed by atoms with Crippen molar-refractivity contribution in [1.29, 1.82) is 0 Å². The molecule has 0 saturated heterocycles. The highest BCUT2D eigenvalue weighted by atomic mass is 16.6. The summed E-state index contributed by atoms with van der Waals surface area (Å²) in [4.78, 5) is 23.6. The van der Waals surface area contributed by atoms with Crippen LogP contribution in [0.1, 0.15) is 22.8 Å². The maximum absolute atomic E-state index is 12.4. The molecule has 0 fully saturated rings. The molecule has 0 unspecified atom stereocenters. The van der Waals surface area contributed by atoms with E-state index in [4.69, 9.17) is 9.47 Å². The normalized spacial score (nSPS) is 10.1. The van der Waals surface area contributed by atoms with Gasteiger partial charge in [-0.3, -0.25) is 4.79 Å². The average molecular weight is 342 g/mol. The lowest BCUT2D eigenvalue weighted by molar-refractivity contribution is -0.139. The highest BCUT2D eigenvalue weighted by Gasteiger charge is 2.19. The number of phenolic OH excluding ortho intramolecular Hbond substituents is 2. The molecule has 0 spiro atoms. The van der Waals surface area contributed by atoms with Crippen molar-refractivity contribution in [1.82, 2.24) is 0 Å². The van der Waals surface area contributed by atoms with E-state index in [1.54, 1.807) is 30.3 Å². The number of benzene rings is 2. The van der Waals surface area contributed by atoms with Gasteiger partial charge in [0.25, 0.3) is 0 Å². The second-order valence-corrected chi connectivity index (χ2v) is 5.27. The SMILES string of the molecule is C=C(C)C(=O)OCCOc1ccc(C(=O)c2ccccc2)c(O)c1O. The topological polar surface area (TPSA) is 93.1 Å². The van der Waals surface area contributed by atoms with Crippen LogP contribution in [0, 0.1) is 0 Å². The maximum atomic E-state index is 12.4. The van der Waals surface area contributed by atoms with Gasteiger partial charge in [0.15, 0.2) is 17.3 Å². The molecule has 0 aliphatic rings. The van der Waals surface area contributed by atoms with Crippen molar-refractivity contribution < 1.29 is 29.3 Å². The summed E-state index contributed by atoms with van der Waals surface area (Å²) in [5, 5.41) is 20.1. The van der Waals surface area contributed by atoms with Gasteiger partial charge in [0.1, 0.15) is 13.2 Å². The van der Waals surface area contributed by atoms with E-state index in [0.29, 0.717) is 5.56 Å². The molecular formula is C19H18O6. The summed E-state index contributed by atoms with van der Waals surface area (Å²) in [6.07, 6.45) is 0. The molecule has 0 amide bonds. The Morgan fingerprint density at radius 1 is 1.00 bits per heavy atom. The second-order valence-electron chi connectivity index (χ2n) is 5.27. The van der Waals surface area contributed by atoms with Crippen molar-refractivity contribution in [3.63, 3.8) is 0 Å². The van der Waals surface area contributed by atoms with Crippen molar-refractivity contribution in [2.24, 2.45) is 0 Å². The van der Waals surface area contributed by atoms with Gasteiger partial charge in [-0.05, 0) is 19.1 Å². The fourth-order valence-corrected chi connectivity index (χ4v) is 2.02. The molecule has 2 rings (SSSR count). The van der Waals surface area contributed by atoms with Crippen molar-refractivity contribution in [2.75, 3.05) is 13.2 Å². The summed E-state index contributed by atoms with van der Waals surface area (Å²) >= 11 is 0. The smallest absolute Gasteiger partial charge is 0.333 e. The van der Waals surface area contributed by atoms with Crippen molar-refractivity contribution in [3.05, 3.63) is 65.7 Å². The zero-order valence-corrected chi connectivity index (χ0v) is 13.7. The Morgan fingerprint density at radius 3 is 2.32 bits per heavy atom. The Labute approximate surface area is 144 Å². The molecule has 0 radical (unpaired) electrons. The number of carbonyl (C=O) groups is 2. The number of rotatable bonds is 7. The van der Waals surface area contributed by atoms with Crippen molar-refractivity contribution >= 4 is 11.8 Å². The first-order valence-electron chi connectivity index (χ1n) is 7.52. The third kappa shape index (κ3) is 4.38. The van der Waals surface area contributed by atoms with Crippen LogP contribution in [-0.2, 0) is 9.53 Å². The van der Waals surface area contributed by atoms with Gasteiger partial charge in [0.05, 0.1) is 5.56 Å². The summed E-state index contributed by atoms with van der Waals surface area (Å²) in [6, 6.07) is 11.1. The Hall–Kier alpha value is -3.28. The van der Waals surface area contributed by atoms with E-state index in [1.165, 1.54) is 19.1 Å². The summed E-state index contributed by atoms with van der Waals surface area (Å²) in [7, 11) is 0. The minimum Gasteiger partial charge on any atom is -0.504 e. The van der Waals surface area contributed by atoms with Gasteiger partial charge in [-0.1, -0.05) is 36.9 Å². The molecule has 0 atom stereocenters. The number of carbonyl (C=O) groups excluding carboxylic acids is 2. The monoisotopic (exact) mass is 342 g/mol. The molecule has 2 aromatic rings. The highest BCUT2D eigenvalue weighted by Crippen LogP contribution is 2.38. The minimum atomic E-state index is -0.565. The van der Waals surface area contributed by atoms with E-state index in [9.17, 15) is 19.8 Å². The van der Waals surface area contributed by atoms with E-state index in [1.807, 2.05) is 0 Å². The summed E-state index contributed by atoms with van der Waals surface area (Å²) in [5.41, 5.74) is 0.617. The Morgan fingerprint density at radius 2 is 1.68 bits per heavy atom. The van der Waals surface area contributed by atoms with Gasteiger partial charge < -0.3 is 19.7 Å². The molecular weight excluding hydrogens is 324 g/mol. The molecule has 0 bridgehead atoms. The zero-order chi connectivity index (χ0) is 18.4. The number of ketones is 1. The third-order valence-electron chi connectivity index (χ3n) is 3.32. The predicted molar refractivity (Wildman–Crippen MR) is 90.9 cm³/mol. The van der Waals surface area contributed by atoms with Crippen LogP contribution in [0.3, 0.4) is 0 Å². The molecule has 6 nitrogen and oxygen atoms in total. The van der Waals surface area contributed by atoms with Crippen LogP contribution in [0.25, 0.3) is 0 Å². The molecule has 0 saturated carbocycles. The first-order valence-corrected chi connectivity index (χ1v) is 7.52. The standard InChI is InChI=1S/C19H18O6/c1-12(2)19(23)25-11-10-24-15-9-8-14(17(21)18(15)22)16(20)13-6-4-3-5-7-13/h3-9,21-22H,1,10-11H2,2H3. The van der Waals surface area contributed by atoms with E-state index < -0.39 is 23.3 Å². The Kier molecular flexibility index (Phi) is 5.79. The van der Waals surface area contributed by atoms with Gasteiger partial charge in [0, 0.05) is 11.1 Å². The first kappa shape index (κ1) is 18.1. The number of esters is 1. The van der Waals surface area contributed by atoms with Crippen LogP contribution in [0.5, 0.6) is 17.2 Å². The first-order chi connectivity index (χ1) is 11.9. The van der Waals surface area contributed by atoms with E-state index in [-0.39, 0.29) is 30.1 Å². The summed E-state index contributed by atoms with van der Waals surface area (Å²) in [6.45, 7) is 4.90. The largest absolute Gasteiger partial charge is 0.504 e. The van der Waals surface area contributed by atoms with E-state index >= 15 is 0 Å². The second kappa shape index (κ2) is 8.01. The predicted octanol–water partition coefficient (Wildman–Crippen LogP) is 2.83. The molecule has 0 heterocycles. The van der Waals surface area contributed by atoms with Gasteiger partial charge in [0.2, 0.25) is 5.75 Å². The lowest BCUT2D eigenvalue weighted by Gasteiger charge is -2.12. The summed E-state index contributed by atoms with van der Waals surface area (Å²) < 4.78 is 10.1. The number of aromatic hydroxyl groups is 2. The van der Waals surface area contributed by atoms with Crippen LogP contribution < -0.4 is 4.74 Å². The maximum Gasteiger partial charge on any atom is 0.333 e. The Balaban J connectivity index is 2.06. The van der Waals surface area contributed by atoms with Gasteiger partial charge in [-0.2, -0.15) is 0 Å². The Bertz CT molecular complexity index is 795. The molecule has 25 heavy (non-hydrogen) atoms. The highest BCUT2D eigenvalue weighted by molar-refractivity contribution is 6.11. The fraction of sp³-hybridized carbons (Fsp3) is 0.158. The molecule has 6 heteroatoms. The van der Waals surface area contributed by atoms with Crippen LogP contribution in [-0.4, -0.2) is 35.2 Å². The fourth-order valence-electron chi connectivity index (χ4n) is 2.02. The lowest BCUT2D eigenvalue weighted by atomic mass is 10.0. The minimum absolute atomic E-state index is 0.0199. The number of ether oxygens (including phenoxy) is 2. The van der Waals surface area contributed by atoms with Crippen LogP contribution in [0.15, 0.2) is 54.6 Å². The van der Waals surface area contributed by atoms with Gasteiger partial charge in [-0.25, -0.2) is 4.79 Å². The van der Waals surface area contributed by atoms with E-state index in [0.717, 1.165) is 0 Å². The third-order valence-corrected chi connectivity index (χ3v) is 3.32. The number of phenols is 2. The molecule has 2 aromatic carbocycles. The zero-order valence-electron chi connectivity index (χ0n) is 13.7. The number of hydrogen-bond acceptors (Lipinski definition) is 6. The van der Waals surface area contributed by atoms with Gasteiger partial charge in [-0.15, -0.1) is 0 Å². The molecule has 2 N–H and O–H groups in total.